The van der Waals surface area contributed by atoms with E-state index in [1.807, 2.05) is 6.07 Å². The molecule has 2 atom stereocenters. The van der Waals surface area contributed by atoms with Gasteiger partial charge in [-0.25, -0.2) is 9.07 Å². The molecular formula is C18H18FN5O2. The minimum absolute atomic E-state index is 0.0943. The lowest BCUT2D eigenvalue weighted by Gasteiger charge is -2.19. The van der Waals surface area contributed by atoms with Crippen molar-refractivity contribution in [3.63, 3.8) is 0 Å². The van der Waals surface area contributed by atoms with Crippen molar-refractivity contribution in [2.45, 2.75) is 18.6 Å². The molecule has 1 aliphatic heterocycles. The molecule has 2 aromatic heterocycles. The molecule has 4 rings (SSSR count). The third-order valence-electron chi connectivity index (χ3n) is 4.56. The maximum atomic E-state index is 14.0. The van der Waals surface area contributed by atoms with E-state index in [1.54, 1.807) is 41.3 Å². The summed E-state index contributed by atoms with van der Waals surface area (Å²) in [5.41, 5.74) is 0.628. The average molecular weight is 355 g/mol. The summed E-state index contributed by atoms with van der Waals surface area (Å²) in [7, 11) is 0. The molecule has 3 heterocycles. The molecule has 8 heteroatoms. The van der Waals surface area contributed by atoms with Gasteiger partial charge in [-0.3, -0.25) is 9.69 Å². The second kappa shape index (κ2) is 7.09. The first-order chi connectivity index (χ1) is 12.7. The van der Waals surface area contributed by atoms with Gasteiger partial charge in [0.05, 0.1) is 24.5 Å². The normalized spacial score (nSPS) is 20.3. The Kier molecular flexibility index (Phi) is 4.49. The van der Waals surface area contributed by atoms with Crippen molar-refractivity contribution in [3.05, 3.63) is 72.2 Å². The van der Waals surface area contributed by atoms with Crippen LogP contribution < -0.4 is 5.32 Å². The number of nitrogens with one attached hydrogen (secondary N) is 1. The fourth-order valence-corrected chi connectivity index (χ4v) is 3.31. The van der Waals surface area contributed by atoms with Gasteiger partial charge in [0.2, 0.25) is 0 Å². The van der Waals surface area contributed by atoms with Crippen LogP contribution in [-0.2, 0) is 6.54 Å². The lowest BCUT2D eigenvalue weighted by atomic mass is 10.1. The van der Waals surface area contributed by atoms with Gasteiger partial charge in [-0.1, -0.05) is 23.4 Å². The van der Waals surface area contributed by atoms with Crippen molar-refractivity contribution < 1.29 is 13.6 Å². The topological polar surface area (TPSA) is 76.2 Å². The summed E-state index contributed by atoms with van der Waals surface area (Å²) in [6, 6.07) is 9.72. The Bertz CT molecular complexity index is 866. The first kappa shape index (κ1) is 16.5. The molecule has 3 aromatic rings. The van der Waals surface area contributed by atoms with Crippen LogP contribution in [0.25, 0.3) is 0 Å². The molecule has 0 saturated carbocycles. The number of likely N-dealkylation sites (tertiary alicyclic amines) is 1. The molecule has 1 aromatic carbocycles. The van der Waals surface area contributed by atoms with E-state index in [9.17, 15) is 9.18 Å². The molecule has 0 unspecified atom stereocenters. The smallest absolute Gasteiger partial charge is 0.287 e. The molecule has 1 aliphatic rings. The minimum atomic E-state index is -0.280. The average Bonchev–Trinajstić information content (AvgIpc) is 3.38. The Hall–Kier alpha value is -3.00. The molecule has 0 bridgehead atoms. The fraction of sp³-hybridized carbons (Fsp3) is 0.278. The van der Waals surface area contributed by atoms with Crippen molar-refractivity contribution in [2.24, 2.45) is 0 Å². The van der Waals surface area contributed by atoms with Crippen molar-refractivity contribution >= 4 is 5.91 Å². The maximum Gasteiger partial charge on any atom is 0.287 e. The van der Waals surface area contributed by atoms with E-state index >= 15 is 0 Å². The molecule has 0 aliphatic carbocycles. The number of carbonyl (C=O) groups is 1. The molecule has 0 radical (unpaired) electrons. The number of amides is 1. The zero-order valence-corrected chi connectivity index (χ0v) is 14.0. The van der Waals surface area contributed by atoms with Crippen LogP contribution >= 0.6 is 0 Å². The van der Waals surface area contributed by atoms with Gasteiger partial charge in [-0.15, -0.1) is 5.10 Å². The number of hydrogen-bond acceptors (Lipinski definition) is 5. The number of halogens is 1. The van der Waals surface area contributed by atoms with Gasteiger partial charge in [0.25, 0.3) is 5.91 Å². The van der Waals surface area contributed by atoms with Gasteiger partial charge in [0.15, 0.2) is 5.76 Å². The number of hydrogen-bond donors (Lipinski definition) is 1. The lowest BCUT2D eigenvalue weighted by molar-refractivity contribution is 0.0901. The number of aromatic nitrogens is 3. The van der Waals surface area contributed by atoms with Crippen LogP contribution in [0, 0.1) is 5.82 Å². The number of benzene rings is 1. The molecule has 1 fully saturated rings. The van der Waals surface area contributed by atoms with E-state index in [2.05, 4.69) is 20.5 Å². The summed E-state index contributed by atoms with van der Waals surface area (Å²) in [6.45, 7) is 1.66. The fourth-order valence-electron chi connectivity index (χ4n) is 3.31. The summed E-state index contributed by atoms with van der Waals surface area (Å²) in [4.78, 5) is 14.5. The van der Waals surface area contributed by atoms with Gasteiger partial charge in [0.1, 0.15) is 5.82 Å². The first-order valence-electron chi connectivity index (χ1n) is 8.36. The molecule has 1 amide bonds. The van der Waals surface area contributed by atoms with Crippen LogP contribution in [0.15, 0.2) is 59.5 Å². The number of furan rings is 1. The van der Waals surface area contributed by atoms with Crippen LogP contribution in [0.1, 0.15) is 22.2 Å². The van der Waals surface area contributed by atoms with Crippen LogP contribution in [0.2, 0.25) is 0 Å². The van der Waals surface area contributed by atoms with Gasteiger partial charge >= 0.3 is 0 Å². The van der Waals surface area contributed by atoms with Gasteiger partial charge in [-0.2, -0.15) is 0 Å². The van der Waals surface area contributed by atoms with Crippen molar-refractivity contribution in [3.8, 4) is 0 Å². The quantitative estimate of drug-likeness (QED) is 0.756. The van der Waals surface area contributed by atoms with E-state index in [0.717, 1.165) is 0 Å². The molecule has 1 saturated heterocycles. The van der Waals surface area contributed by atoms with E-state index in [-0.39, 0.29) is 29.6 Å². The highest BCUT2D eigenvalue weighted by molar-refractivity contribution is 5.91. The van der Waals surface area contributed by atoms with Crippen LogP contribution in [0.4, 0.5) is 4.39 Å². The molecular weight excluding hydrogens is 337 g/mol. The molecule has 0 spiro atoms. The second-order valence-electron chi connectivity index (χ2n) is 6.29. The molecule has 26 heavy (non-hydrogen) atoms. The SMILES string of the molecule is O=C(N[C@@H]1CN(Cc2ccccc2F)C[C@@H]1n1ccnn1)c1ccco1. The lowest BCUT2D eigenvalue weighted by Crippen LogP contribution is -2.41. The minimum Gasteiger partial charge on any atom is -0.459 e. The van der Waals surface area contributed by atoms with Gasteiger partial charge < -0.3 is 9.73 Å². The summed E-state index contributed by atoms with van der Waals surface area (Å²) in [6.07, 6.45) is 4.83. The number of rotatable bonds is 5. The third-order valence-corrected chi connectivity index (χ3v) is 4.56. The van der Waals surface area contributed by atoms with E-state index < -0.39 is 0 Å². The van der Waals surface area contributed by atoms with E-state index in [1.165, 1.54) is 12.3 Å². The summed E-state index contributed by atoms with van der Waals surface area (Å²) < 4.78 is 20.9. The highest BCUT2D eigenvalue weighted by atomic mass is 19.1. The van der Waals surface area contributed by atoms with E-state index in [4.69, 9.17) is 4.42 Å². The molecule has 7 nitrogen and oxygen atoms in total. The zero-order valence-electron chi connectivity index (χ0n) is 14.0. The number of carbonyl (C=O) groups excluding carboxylic acids is 1. The first-order valence-corrected chi connectivity index (χ1v) is 8.36. The Morgan fingerprint density at radius 3 is 2.88 bits per heavy atom. The Morgan fingerprint density at radius 1 is 1.27 bits per heavy atom. The van der Waals surface area contributed by atoms with Gasteiger partial charge in [-0.05, 0) is 18.2 Å². The predicted octanol–water partition coefficient (Wildman–Crippen LogP) is 1.87. The molecule has 1 N–H and O–H groups in total. The highest BCUT2D eigenvalue weighted by Gasteiger charge is 2.36. The summed E-state index contributed by atoms with van der Waals surface area (Å²) in [5, 5.41) is 10.9. The molecule has 134 valence electrons. The maximum absolute atomic E-state index is 14.0. The predicted molar refractivity (Wildman–Crippen MR) is 90.7 cm³/mol. The van der Waals surface area contributed by atoms with Crippen molar-refractivity contribution in [1.29, 1.82) is 0 Å². The summed E-state index contributed by atoms with van der Waals surface area (Å²) in [5.74, 6) is -0.249. The highest BCUT2D eigenvalue weighted by Crippen LogP contribution is 2.24. The zero-order chi connectivity index (χ0) is 17.9. The van der Waals surface area contributed by atoms with Crippen molar-refractivity contribution in [1.82, 2.24) is 25.2 Å². The monoisotopic (exact) mass is 355 g/mol. The third kappa shape index (κ3) is 3.36. The van der Waals surface area contributed by atoms with Crippen LogP contribution in [-0.4, -0.2) is 44.9 Å². The largest absolute Gasteiger partial charge is 0.459 e. The standard InChI is InChI=1S/C18H18FN5O2/c19-14-5-2-1-4-13(14)10-23-11-15(16(12-23)24-8-7-20-22-24)21-18(25)17-6-3-9-26-17/h1-9,15-16H,10-12H2,(H,21,25)/t15-,16+/m1/s1. The number of nitrogens with zero attached hydrogens (tertiary/aromatic N) is 4. The van der Waals surface area contributed by atoms with Gasteiger partial charge in [0, 0.05) is 31.4 Å². The van der Waals surface area contributed by atoms with Crippen molar-refractivity contribution in [2.75, 3.05) is 13.1 Å². The Morgan fingerprint density at radius 2 is 2.15 bits per heavy atom. The van der Waals surface area contributed by atoms with Crippen LogP contribution in [0.5, 0.6) is 0 Å². The van der Waals surface area contributed by atoms with Crippen LogP contribution in [0.3, 0.4) is 0 Å². The van der Waals surface area contributed by atoms with E-state index in [0.29, 0.717) is 25.2 Å². The summed E-state index contributed by atoms with van der Waals surface area (Å²) >= 11 is 0. The Labute approximate surface area is 149 Å². The Balaban J connectivity index is 1.51. The second-order valence-corrected chi connectivity index (χ2v) is 6.29.